The van der Waals surface area contributed by atoms with Gasteiger partial charge in [0, 0.05) is 31.1 Å². The Kier molecular flexibility index (Phi) is 4.79. The molecule has 5 rings (SSSR count). The Balaban J connectivity index is 1.52. The standard InChI is InChI=1S/C24H24N2O4/c1-29-21-9-5-8-17-14-19(24(28)30-22(17)21)23(27)26-13-12-25(18-10-11-18)15-20(26)16-6-3-2-4-7-16/h2-9,14,18,20H,10-13,15H2,1H3. The van der Waals surface area contributed by atoms with Gasteiger partial charge in [-0.3, -0.25) is 9.69 Å². The summed E-state index contributed by atoms with van der Waals surface area (Å²) in [5, 5.41) is 0.671. The highest BCUT2D eigenvalue weighted by molar-refractivity contribution is 5.97. The van der Waals surface area contributed by atoms with E-state index in [0.29, 0.717) is 29.3 Å². The molecule has 2 fully saturated rings. The molecule has 2 aliphatic rings. The van der Waals surface area contributed by atoms with Crippen LogP contribution in [0.25, 0.3) is 11.0 Å². The molecule has 1 aromatic heterocycles. The van der Waals surface area contributed by atoms with Crippen molar-refractivity contribution in [1.82, 2.24) is 9.80 Å². The van der Waals surface area contributed by atoms with Crippen molar-refractivity contribution in [2.45, 2.75) is 24.9 Å². The number of para-hydroxylation sites is 1. The minimum Gasteiger partial charge on any atom is -0.493 e. The monoisotopic (exact) mass is 404 g/mol. The summed E-state index contributed by atoms with van der Waals surface area (Å²) in [6.45, 7) is 2.20. The van der Waals surface area contributed by atoms with E-state index in [9.17, 15) is 9.59 Å². The van der Waals surface area contributed by atoms with Crippen molar-refractivity contribution >= 4 is 16.9 Å². The second-order valence-electron chi connectivity index (χ2n) is 7.98. The number of nitrogens with zero attached hydrogens (tertiary/aromatic N) is 2. The molecule has 3 aromatic rings. The fraction of sp³-hybridized carbons (Fsp3) is 0.333. The number of benzene rings is 2. The maximum Gasteiger partial charge on any atom is 0.349 e. The summed E-state index contributed by atoms with van der Waals surface area (Å²) in [6, 6.07) is 17.6. The molecule has 1 aliphatic carbocycles. The molecule has 0 radical (unpaired) electrons. The second kappa shape index (κ2) is 7.61. The van der Waals surface area contributed by atoms with E-state index in [1.807, 2.05) is 35.2 Å². The number of hydrogen-bond acceptors (Lipinski definition) is 5. The molecule has 2 aromatic carbocycles. The van der Waals surface area contributed by atoms with Gasteiger partial charge in [0.25, 0.3) is 5.91 Å². The Hall–Kier alpha value is -3.12. The quantitative estimate of drug-likeness (QED) is 0.623. The van der Waals surface area contributed by atoms with Crippen molar-refractivity contribution < 1.29 is 13.9 Å². The van der Waals surface area contributed by atoms with Crippen molar-refractivity contribution in [1.29, 1.82) is 0 Å². The van der Waals surface area contributed by atoms with E-state index >= 15 is 0 Å². The number of carbonyl (C=O) groups is 1. The maximum atomic E-state index is 13.5. The summed E-state index contributed by atoms with van der Waals surface area (Å²) in [5.74, 6) is 0.196. The number of methoxy groups -OCH3 is 1. The van der Waals surface area contributed by atoms with Gasteiger partial charge in [-0.1, -0.05) is 42.5 Å². The normalized spacial score (nSPS) is 19.8. The van der Waals surface area contributed by atoms with Gasteiger partial charge in [0.2, 0.25) is 0 Å². The van der Waals surface area contributed by atoms with Crippen LogP contribution in [0.3, 0.4) is 0 Å². The van der Waals surface area contributed by atoms with Crippen LogP contribution in [0.4, 0.5) is 0 Å². The summed E-state index contributed by atoms with van der Waals surface area (Å²) in [7, 11) is 1.53. The van der Waals surface area contributed by atoms with Crippen LogP contribution in [0.1, 0.15) is 34.8 Å². The van der Waals surface area contributed by atoms with Crippen LogP contribution < -0.4 is 10.4 Å². The van der Waals surface area contributed by atoms with Gasteiger partial charge in [0.1, 0.15) is 5.56 Å². The lowest BCUT2D eigenvalue weighted by atomic mass is 10.0. The van der Waals surface area contributed by atoms with Crippen molar-refractivity contribution in [2.24, 2.45) is 0 Å². The molecule has 6 heteroatoms. The highest BCUT2D eigenvalue weighted by atomic mass is 16.5. The zero-order valence-electron chi connectivity index (χ0n) is 16.9. The first kappa shape index (κ1) is 18.9. The molecular weight excluding hydrogens is 380 g/mol. The Labute approximate surface area is 174 Å². The van der Waals surface area contributed by atoms with E-state index in [1.54, 1.807) is 12.1 Å². The number of piperazine rings is 1. The third kappa shape index (κ3) is 3.37. The molecule has 0 bridgehead atoms. The number of fused-ring (bicyclic) bond motifs is 1. The minimum absolute atomic E-state index is 0.0663. The molecule has 2 heterocycles. The number of carbonyl (C=O) groups excluding carboxylic acids is 1. The molecule has 30 heavy (non-hydrogen) atoms. The first-order chi connectivity index (χ1) is 14.7. The van der Waals surface area contributed by atoms with Crippen LogP contribution in [0, 0.1) is 0 Å². The van der Waals surface area contributed by atoms with Gasteiger partial charge in [-0.25, -0.2) is 4.79 Å². The Morgan fingerprint density at radius 2 is 1.87 bits per heavy atom. The van der Waals surface area contributed by atoms with E-state index in [-0.39, 0.29) is 17.5 Å². The summed E-state index contributed by atoms with van der Waals surface area (Å²) in [6.07, 6.45) is 2.46. The summed E-state index contributed by atoms with van der Waals surface area (Å²) in [4.78, 5) is 30.5. The van der Waals surface area contributed by atoms with Crippen LogP contribution in [0.15, 0.2) is 63.8 Å². The lowest BCUT2D eigenvalue weighted by Crippen LogP contribution is -2.51. The molecule has 1 unspecified atom stereocenters. The van der Waals surface area contributed by atoms with Gasteiger partial charge in [0.05, 0.1) is 13.2 Å². The van der Waals surface area contributed by atoms with Gasteiger partial charge in [0.15, 0.2) is 11.3 Å². The average molecular weight is 404 g/mol. The smallest absolute Gasteiger partial charge is 0.349 e. The van der Waals surface area contributed by atoms with E-state index in [4.69, 9.17) is 9.15 Å². The van der Waals surface area contributed by atoms with Crippen LogP contribution in [0.5, 0.6) is 5.75 Å². The fourth-order valence-electron chi connectivity index (χ4n) is 4.36. The average Bonchev–Trinajstić information content (AvgIpc) is 3.63. The predicted octanol–water partition coefficient (Wildman–Crippen LogP) is 3.46. The van der Waals surface area contributed by atoms with E-state index in [2.05, 4.69) is 17.0 Å². The molecule has 1 saturated heterocycles. The molecule has 154 valence electrons. The number of rotatable bonds is 4. The lowest BCUT2D eigenvalue weighted by Gasteiger charge is -2.41. The van der Waals surface area contributed by atoms with E-state index in [0.717, 1.165) is 18.7 Å². The van der Waals surface area contributed by atoms with Crippen molar-refractivity contribution in [3.8, 4) is 5.75 Å². The third-order valence-corrected chi connectivity index (χ3v) is 6.09. The predicted molar refractivity (Wildman–Crippen MR) is 114 cm³/mol. The van der Waals surface area contributed by atoms with E-state index in [1.165, 1.54) is 20.0 Å². The zero-order valence-corrected chi connectivity index (χ0v) is 16.9. The molecule has 6 nitrogen and oxygen atoms in total. The highest BCUT2D eigenvalue weighted by Gasteiger charge is 2.38. The third-order valence-electron chi connectivity index (χ3n) is 6.09. The Bertz CT molecular complexity index is 1140. The van der Waals surface area contributed by atoms with Gasteiger partial charge in [-0.05, 0) is 30.5 Å². The molecule has 0 N–H and O–H groups in total. The molecule has 1 amide bonds. The molecule has 0 spiro atoms. The van der Waals surface area contributed by atoms with Gasteiger partial charge >= 0.3 is 5.63 Å². The summed E-state index contributed by atoms with van der Waals surface area (Å²) >= 11 is 0. The Morgan fingerprint density at radius 1 is 1.07 bits per heavy atom. The first-order valence-electron chi connectivity index (χ1n) is 10.4. The minimum atomic E-state index is -0.631. The molecule has 1 atom stereocenters. The maximum absolute atomic E-state index is 13.5. The Morgan fingerprint density at radius 3 is 2.60 bits per heavy atom. The topological polar surface area (TPSA) is 63.0 Å². The summed E-state index contributed by atoms with van der Waals surface area (Å²) in [5.41, 5.74) is 0.882. The second-order valence-corrected chi connectivity index (χ2v) is 7.98. The zero-order chi connectivity index (χ0) is 20.7. The summed E-state index contributed by atoms with van der Waals surface area (Å²) < 4.78 is 10.8. The van der Waals surface area contributed by atoms with Gasteiger partial charge in [-0.2, -0.15) is 0 Å². The van der Waals surface area contributed by atoms with Crippen LogP contribution in [0.2, 0.25) is 0 Å². The lowest BCUT2D eigenvalue weighted by molar-refractivity contribution is 0.0429. The van der Waals surface area contributed by atoms with E-state index < -0.39 is 5.63 Å². The van der Waals surface area contributed by atoms with Crippen molar-refractivity contribution in [3.63, 3.8) is 0 Å². The van der Waals surface area contributed by atoms with Crippen LogP contribution >= 0.6 is 0 Å². The van der Waals surface area contributed by atoms with Gasteiger partial charge < -0.3 is 14.1 Å². The molecule has 1 aliphatic heterocycles. The SMILES string of the molecule is COc1cccc2cc(C(=O)N3CCN(C4CC4)CC3c3ccccc3)c(=O)oc12. The molecule has 1 saturated carbocycles. The molecular formula is C24H24N2O4. The highest BCUT2D eigenvalue weighted by Crippen LogP contribution is 2.34. The first-order valence-corrected chi connectivity index (χ1v) is 10.4. The largest absolute Gasteiger partial charge is 0.493 e. The fourth-order valence-corrected chi connectivity index (χ4v) is 4.36. The number of hydrogen-bond donors (Lipinski definition) is 0. The van der Waals surface area contributed by atoms with Crippen LogP contribution in [-0.2, 0) is 0 Å². The van der Waals surface area contributed by atoms with Crippen molar-refractivity contribution in [2.75, 3.05) is 26.7 Å². The number of amides is 1. The van der Waals surface area contributed by atoms with Crippen molar-refractivity contribution in [3.05, 3.63) is 76.1 Å². The number of ether oxygens (including phenoxy) is 1. The van der Waals surface area contributed by atoms with Crippen LogP contribution in [-0.4, -0.2) is 48.5 Å². The van der Waals surface area contributed by atoms with Gasteiger partial charge in [-0.15, -0.1) is 0 Å².